The van der Waals surface area contributed by atoms with Crippen LogP contribution in [0.1, 0.15) is 70.8 Å². The first-order chi connectivity index (χ1) is 19.2. The number of aliphatic hydroxyl groups is 3. The molecule has 0 aromatic heterocycles. The van der Waals surface area contributed by atoms with Gasteiger partial charge < -0.3 is 39.8 Å². The maximum Gasteiger partial charge on any atom is 0.247 e. The smallest absolute Gasteiger partial charge is 0.247 e. The number of carbonyl (C=O) groups excluding carboxylic acids is 3. The van der Waals surface area contributed by atoms with Crippen molar-refractivity contribution < 1.29 is 39.2 Å². The van der Waals surface area contributed by atoms with Crippen molar-refractivity contribution in [3.05, 3.63) is 32.9 Å². The van der Waals surface area contributed by atoms with Crippen molar-refractivity contribution in [1.29, 1.82) is 0 Å². The predicted molar refractivity (Wildman–Crippen MR) is 159 cm³/mol. The number of methoxy groups -OCH3 is 1. The molecular weight excluding hydrogens is 631 g/mol. The lowest BCUT2D eigenvalue weighted by Gasteiger charge is -2.41. The summed E-state index contributed by atoms with van der Waals surface area (Å²) in [5.74, 6) is 0.124. The van der Waals surface area contributed by atoms with Crippen molar-refractivity contribution >= 4 is 40.2 Å². The Labute approximate surface area is 250 Å². The van der Waals surface area contributed by atoms with Gasteiger partial charge in [-0.25, -0.2) is 0 Å². The molecule has 1 aromatic rings. The van der Waals surface area contributed by atoms with E-state index in [1.54, 1.807) is 23.1 Å². The highest BCUT2D eigenvalue weighted by Gasteiger charge is 2.40. The van der Waals surface area contributed by atoms with Crippen molar-refractivity contribution in [1.82, 2.24) is 10.2 Å². The van der Waals surface area contributed by atoms with E-state index in [9.17, 15) is 29.7 Å². The van der Waals surface area contributed by atoms with Crippen LogP contribution in [-0.4, -0.2) is 82.9 Å². The fourth-order valence-corrected chi connectivity index (χ4v) is 5.50. The molecular formula is C29H43IN2O8. The van der Waals surface area contributed by atoms with Crippen LogP contribution < -0.4 is 14.8 Å². The summed E-state index contributed by atoms with van der Waals surface area (Å²) in [5, 5.41) is 33.0. The number of hydrogen-bond donors (Lipinski definition) is 4. The van der Waals surface area contributed by atoms with Gasteiger partial charge >= 0.3 is 0 Å². The van der Waals surface area contributed by atoms with Crippen LogP contribution >= 0.6 is 22.6 Å². The Bertz CT molecular complexity index is 1030. The largest absolute Gasteiger partial charge is 0.493 e. The van der Waals surface area contributed by atoms with Crippen LogP contribution in [0.4, 0.5) is 0 Å². The molecule has 0 aliphatic heterocycles. The number of Topliss-reactive ketones (excluding diaryl/α,β-unsaturated/α-hetero) is 1. The predicted octanol–water partition coefficient (Wildman–Crippen LogP) is 2.88. The van der Waals surface area contributed by atoms with Gasteiger partial charge in [-0.1, -0.05) is 26.2 Å². The fraction of sp³-hybridized carbons (Fsp3) is 0.621. The third-order valence-electron chi connectivity index (χ3n) is 6.83. The first-order valence-corrected chi connectivity index (χ1v) is 14.9. The number of halogens is 1. The molecule has 0 radical (unpaired) electrons. The van der Waals surface area contributed by atoms with Gasteiger partial charge in [0.15, 0.2) is 11.5 Å². The highest BCUT2D eigenvalue weighted by atomic mass is 127. The second-order valence-electron chi connectivity index (χ2n) is 9.99. The normalized spacial score (nSPS) is 18.6. The van der Waals surface area contributed by atoms with Gasteiger partial charge in [-0.3, -0.25) is 9.59 Å². The zero-order valence-corrected chi connectivity index (χ0v) is 25.8. The minimum Gasteiger partial charge on any atom is -0.493 e. The average Bonchev–Trinajstić information content (AvgIpc) is 2.93. The van der Waals surface area contributed by atoms with Crippen molar-refractivity contribution in [2.45, 2.75) is 90.1 Å². The SMILES string of the molecule is CCCCCCN(C(=O)CCCC(C)=O)[C@@H]1CC(C(=O)NCCO)=C[C@H](Oc2c(I)cc(CO)cc2OC)[C@H]1O. The minimum atomic E-state index is -1.16. The zero-order valence-electron chi connectivity index (χ0n) is 23.7. The Hall–Kier alpha value is -2.22. The van der Waals surface area contributed by atoms with Crippen molar-refractivity contribution in [3.8, 4) is 11.5 Å². The molecule has 0 spiro atoms. The third kappa shape index (κ3) is 10.0. The van der Waals surface area contributed by atoms with E-state index in [1.165, 1.54) is 14.0 Å². The highest BCUT2D eigenvalue weighted by molar-refractivity contribution is 14.1. The van der Waals surface area contributed by atoms with Crippen LogP contribution in [0.5, 0.6) is 11.5 Å². The highest BCUT2D eigenvalue weighted by Crippen LogP contribution is 2.37. The minimum absolute atomic E-state index is 0.00926. The third-order valence-corrected chi connectivity index (χ3v) is 7.63. The average molecular weight is 675 g/mol. The number of hydrogen-bond acceptors (Lipinski definition) is 8. The number of ether oxygens (including phenoxy) is 2. The number of rotatable bonds is 17. The molecule has 3 atom stereocenters. The summed E-state index contributed by atoms with van der Waals surface area (Å²) in [4.78, 5) is 39.5. The molecule has 0 unspecified atom stereocenters. The van der Waals surface area contributed by atoms with E-state index in [0.717, 1.165) is 25.7 Å². The molecule has 40 heavy (non-hydrogen) atoms. The first-order valence-electron chi connectivity index (χ1n) is 13.9. The molecule has 0 saturated heterocycles. The maximum absolute atomic E-state index is 13.4. The second-order valence-corrected chi connectivity index (χ2v) is 11.1. The standard InChI is InChI=1S/C29H43IN2O8/c1-4-5-6-7-12-32(26(36)10-8-9-19(2)35)23-16-21(29(38)31-11-13-33)17-24(27(23)37)40-28-22(30)14-20(18-34)15-25(28)39-3/h14-15,17,23-24,27,33-34,37H,4-13,16,18H2,1-3H3,(H,31,38)/t23-,24+,27+/m1/s1. The zero-order chi connectivity index (χ0) is 29.7. The lowest BCUT2D eigenvalue weighted by atomic mass is 9.87. The van der Waals surface area contributed by atoms with Gasteiger partial charge in [-0.05, 0) is 66.1 Å². The molecule has 0 saturated carbocycles. The number of nitrogens with one attached hydrogen (secondary N) is 1. The van der Waals surface area contributed by atoms with Crippen LogP contribution in [0, 0.1) is 3.57 Å². The number of aliphatic hydroxyl groups excluding tert-OH is 3. The van der Waals surface area contributed by atoms with Crippen LogP contribution in [-0.2, 0) is 21.0 Å². The van der Waals surface area contributed by atoms with Gasteiger partial charge in [0.05, 0.1) is 29.9 Å². The molecule has 0 fully saturated rings. The van der Waals surface area contributed by atoms with Crippen molar-refractivity contribution in [3.63, 3.8) is 0 Å². The summed E-state index contributed by atoms with van der Waals surface area (Å²) < 4.78 is 12.4. The number of nitrogens with zero attached hydrogens (tertiary/aromatic N) is 1. The lowest BCUT2D eigenvalue weighted by Crippen LogP contribution is -2.55. The number of carbonyl (C=O) groups is 3. The topological polar surface area (TPSA) is 146 Å². The van der Waals surface area contributed by atoms with Crippen LogP contribution in [0.2, 0.25) is 0 Å². The summed E-state index contributed by atoms with van der Waals surface area (Å²) in [6, 6.07) is 2.64. The van der Waals surface area contributed by atoms with Gasteiger partial charge in [0.2, 0.25) is 11.8 Å². The van der Waals surface area contributed by atoms with E-state index >= 15 is 0 Å². The van der Waals surface area contributed by atoms with Gasteiger partial charge in [0, 0.05) is 37.9 Å². The number of amides is 2. The van der Waals surface area contributed by atoms with E-state index in [4.69, 9.17) is 9.47 Å². The molecule has 1 aromatic carbocycles. The molecule has 0 bridgehead atoms. The molecule has 10 nitrogen and oxygen atoms in total. The first kappa shape index (κ1) is 34.0. The summed E-state index contributed by atoms with van der Waals surface area (Å²) in [6.07, 6.45) is 4.10. The monoisotopic (exact) mass is 674 g/mol. The molecule has 0 heterocycles. The van der Waals surface area contributed by atoms with E-state index in [1.807, 2.05) is 0 Å². The summed E-state index contributed by atoms with van der Waals surface area (Å²) in [7, 11) is 1.47. The molecule has 224 valence electrons. The van der Waals surface area contributed by atoms with E-state index in [-0.39, 0.29) is 44.3 Å². The van der Waals surface area contributed by atoms with E-state index < -0.39 is 24.2 Å². The van der Waals surface area contributed by atoms with Gasteiger partial charge in [0.25, 0.3) is 0 Å². The van der Waals surface area contributed by atoms with Crippen LogP contribution in [0.15, 0.2) is 23.8 Å². The van der Waals surface area contributed by atoms with E-state index in [0.29, 0.717) is 45.6 Å². The Morgan fingerprint density at radius 1 is 1.12 bits per heavy atom. The lowest BCUT2D eigenvalue weighted by molar-refractivity contribution is -0.138. The summed E-state index contributed by atoms with van der Waals surface area (Å²) in [5.41, 5.74) is 0.967. The Balaban J connectivity index is 2.44. The van der Waals surface area contributed by atoms with Gasteiger partial charge in [0.1, 0.15) is 18.0 Å². The van der Waals surface area contributed by atoms with E-state index in [2.05, 4.69) is 34.8 Å². The van der Waals surface area contributed by atoms with Crippen molar-refractivity contribution in [2.24, 2.45) is 0 Å². The van der Waals surface area contributed by atoms with Gasteiger partial charge in [-0.2, -0.15) is 0 Å². The van der Waals surface area contributed by atoms with Crippen molar-refractivity contribution in [2.75, 3.05) is 26.8 Å². The number of ketones is 1. The maximum atomic E-state index is 13.4. The van der Waals surface area contributed by atoms with Gasteiger partial charge in [-0.15, -0.1) is 0 Å². The quantitative estimate of drug-likeness (QED) is 0.146. The van der Waals surface area contributed by atoms with Crippen LogP contribution in [0.25, 0.3) is 0 Å². The molecule has 1 aliphatic rings. The molecule has 2 rings (SSSR count). The molecule has 11 heteroatoms. The molecule has 1 aliphatic carbocycles. The second kappa shape index (κ2) is 17.6. The Morgan fingerprint density at radius 3 is 2.50 bits per heavy atom. The summed E-state index contributed by atoms with van der Waals surface area (Å²) >= 11 is 2.06. The summed E-state index contributed by atoms with van der Waals surface area (Å²) in [6.45, 7) is 3.65. The number of unbranched alkanes of at least 4 members (excludes halogenated alkanes) is 3. The Morgan fingerprint density at radius 2 is 1.88 bits per heavy atom. The molecule has 2 amide bonds. The fourth-order valence-electron chi connectivity index (χ4n) is 4.71. The Kier molecular flexibility index (Phi) is 14.9. The number of benzene rings is 1. The molecule has 4 N–H and O–H groups in total. The van der Waals surface area contributed by atoms with Crippen LogP contribution in [0.3, 0.4) is 0 Å².